The van der Waals surface area contributed by atoms with Crippen LogP contribution in [-0.4, -0.2) is 41.3 Å². The van der Waals surface area contributed by atoms with Gasteiger partial charge in [0.25, 0.3) is 5.91 Å². The smallest absolute Gasteiger partial charge is 0.256 e. The summed E-state index contributed by atoms with van der Waals surface area (Å²) in [6.07, 6.45) is 5.15. The summed E-state index contributed by atoms with van der Waals surface area (Å²) in [5, 5.41) is 10.6. The second-order valence-corrected chi connectivity index (χ2v) is 8.06. The van der Waals surface area contributed by atoms with Crippen LogP contribution in [-0.2, 0) is 0 Å². The van der Waals surface area contributed by atoms with Crippen molar-refractivity contribution in [2.75, 3.05) is 30.4 Å². The van der Waals surface area contributed by atoms with E-state index in [1.54, 1.807) is 30.5 Å². The van der Waals surface area contributed by atoms with Crippen LogP contribution in [0.3, 0.4) is 0 Å². The first-order valence-corrected chi connectivity index (χ1v) is 11.0. The summed E-state index contributed by atoms with van der Waals surface area (Å²) in [7, 11) is 1.48. The van der Waals surface area contributed by atoms with E-state index in [0.29, 0.717) is 33.7 Å². The third-order valence-electron chi connectivity index (χ3n) is 5.96. The van der Waals surface area contributed by atoms with E-state index >= 15 is 0 Å². The van der Waals surface area contributed by atoms with E-state index in [9.17, 15) is 9.18 Å². The quantitative estimate of drug-likeness (QED) is 0.451. The van der Waals surface area contributed by atoms with Gasteiger partial charge in [-0.1, -0.05) is 12.1 Å². The molecule has 1 amide bonds. The maximum absolute atomic E-state index is 14.6. The molecule has 1 aliphatic rings. The first-order valence-electron chi connectivity index (χ1n) is 11.0. The number of piperidine rings is 1. The Morgan fingerprint density at radius 1 is 1.12 bits per heavy atom. The Balaban J connectivity index is 1.44. The number of nitrogens with one attached hydrogen (secondary N) is 2. The molecule has 4 aromatic rings. The van der Waals surface area contributed by atoms with Crippen LogP contribution in [0.15, 0.2) is 54.7 Å². The number of amides is 1. The maximum Gasteiger partial charge on any atom is 0.256 e. The zero-order valence-corrected chi connectivity index (χ0v) is 18.3. The van der Waals surface area contributed by atoms with E-state index in [1.165, 1.54) is 32.4 Å². The number of pyridine rings is 1. The zero-order chi connectivity index (χ0) is 22.8. The summed E-state index contributed by atoms with van der Waals surface area (Å²) in [5.41, 5.74) is 2.88. The summed E-state index contributed by atoms with van der Waals surface area (Å²) in [4.78, 5) is 19.7. The molecular weight excluding hydrogens is 421 g/mol. The minimum atomic E-state index is -0.440. The van der Waals surface area contributed by atoms with Crippen molar-refractivity contribution in [3.8, 4) is 17.0 Å². The van der Waals surface area contributed by atoms with Crippen molar-refractivity contribution < 1.29 is 13.9 Å². The van der Waals surface area contributed by atoms with Gasteiger partial charge in [0.1, 0.15) is 11.6 Å². The Morgan fingerprint density at radius 2 is 1.94 bits per heavy atom. The number of anilines is 2. The number of hydrogen-bond acceptors (Lipinski definition) is 5. The molecule has 1 aliphatic heterocycles. The first kappa shape index (κ1) is 20.9. The van der Waals surface area contributed by atoms with E-state index in [1.807, 2.05) is 18.2 Å². The summed E-state index contributed by atoms with van der Waals surface area (Å²) in [5.74, 6) is 0.0386. The van der Waals surface area contributed by atoms with Crippen molar-refractivity contribution >= 4 is 28.3 Å². The summed E-state index contributed by atoms with van der Waals surface area (Å²) < 4.78 is 19.9. The normalized spacial score (nSPS) is 13.8. The Bertz CT molecular complexity index is 1310. The number of fused-ring (bicyclic) bond motifs is 1. The number of hydrogen-bond donors (Lipinski definition) is 2. The van der Waals surface area contributed by atoms with Gasteiger partial charge in [-0.05, 0) is 55.7 Å². The third-order valence-corrected chi connectivity index (χ3v) is 5.96. The fourth-order valence-corrected chi connectivity index (χ4v) is 4.25. The van der Waals surface area contributed by atoms with E-state index in [4.69, 9.17) is 4.74 Å². The van der Waals surface area contributed by atoms with Crippen LogP contribution in [0.5, 0.6) is 5.75 Å². The molecule has 1 fully saturated rings. The highest BCUT2D eigenvalue weighted by Crippen LogP contribution is 2.33. The average molecular weight is 445 g/mol. The van der Waals surface area contributed by atoms with Crippen LogP contribution in [0.2, 0.25) is 0 Å². The molecule has 0 saturated carbocycles. The van der Waals surface area contributed by atoms with Crippen molar-refractivity contribution in [2.24, 2.45) is 0 Å². The summed E-state index contributed by atoms with van der Waals surface area (Å²) >= 11 is 0. The number of carbonyl (C=O) groups is 1. The van der Waals surface area contributed by atoms with Gasteiger partial charge in [0.2, 0.25) is 0 Å². The number of aromatic amines is 1. The van der Waals surface area contributed by atoms with Gasteiger partial charge < -0.3 is 15.0 Å². The van der Waals surface area contributed by atoms with E-state index in [2.05, 4.69) is 25.4 Å². The number of H-pyrrole nitrogens is 1. The molecule has 5 rings (SSSR count). The average Bonchev–Trinajstić information content (AvgIpc) is 3.26. The van der Waals surface area contributed by atoms with Gasteiger partial charge in [-0.2, -0.15) is 5.10 Å². The Morgan fingerprint density at radius 3 is 2.76 bits per heavy atom. The van der Waals surface area contributed by atoms with E-state index in [0.717, 1.165) is 18.8 Å². The van der Waals surface area contributed by atoms with Crippen molar-refractivity contribution in [3.63, 3.8) is 0 Å². The number of rotatable bonds is 5. The monoisotopic (exact) mass is 445 g/mol. The number of aromatic nitrogens is 3. The second-order valence-electron chi connectivity index (χ2n) is 8.06. The molecule has 33 heavy (non-hydrogen) atoms. The molecule has 0 aliphatic carbocycles. The topological polar surface area (TPSA) is 83.1 Å². The van der Waals surface area contributed by atoms with Gasteiger partial charge in [0.15, 0.2) is 5.82 Å². The SMILES string of the molecule is COc1cccc(F)c1-c1cc2c(NC(=O)c3cccc(N4CCCCC4)c3)n[nH]c2cn1. The van der Waals surface area contributed by atoms with Gasteiger partial charge in [-0.25, -0.2) is 4.39 Å². The fourth-order valence-electron chi connectivity index (χ4n) is 4.25. The molecule has 1 saturated heterocycles. The lowest BCUT2D eigenvalue weighted by Gasteiger charge is -2.29. The lowest BCUT2D eigenvalue weighted by molar-refractivity contribution is 0.102. The standard InChI is InChI=1S/C25H24FN5O2/c1-33-22-10-6-9-19(26)23(22)20-14-18-21(15-27-20)29-30-24(18)28-25(32)16-7-5-8-17(13-16)31-11-3-2-4-12-31/h5-10,13-15H,2-4,11-12H2,1H3,(H2,28,29,30,32). The number of benzene rings is 2. The fraction of sp³-hybridized carbons (Fsp3) is 0.240. The molecule has 168 valence electrons. The molecule has 0 bridgehead atoms. The van der Waals surface area contributed by atoms with E-state index < -0.39 is 5.82 Å². The minimum Gasteiger partial charge on any atom is -0.496 e. The van der Waals surface area contributed by atoms with Crippen LogP contribution in [0, 0.1) is 5.82 Å². The number of ether oxygens (including phenoxy) is 1. The first-order chi connectivity index (χ1) is 16.1. The maximum atomic E-state index is 14.6. The van der Waals surface area contributed by atoms with Crippen LogP contribution in [0.1, 0.15) is 29.6 Å². The molecule has 8 heteroatoms. The van der Waals surface area contributed by atoms with Crippen molar-refractivity contribution in [3.05, 3.63) is 66.1 Å². The molecule has 3 heterocycles. The van der Waals surface area contributed by atoms with Crippen molar-refractivity contribution in [2.45, 2.75) is 19.3 Å². The van der Waals surface area contributed by atoms with Gasteiger partial charge in [-0.15, -0.1) is 0 Å². The minimum absolute atomic E-state index is 0.259. The number of methoxy groups -OCH3 is 1. The van der Waals surface area contributed by atoms with Gasteiger partial charge >= 0.3 is 0 Å². The number of halogens is 1. The Labute approximate surface area is 190 Å². The molecule has 7 nitrogen and oxygen atoms in total. The molecular formula is C25H24FN5O2. The molecule has 0 spiro atoms. The molecule has 0 atom stereocenters. The summed E-state index contributed by atoms with van der Waals surface area (Å²) in [6, 6.07) is 13.9. The van der Waals surface area contributed by atoms with Crippen LogP contribution in [0.4, 0.5) is 15.9 Å². The molecule has 0 radical (unpaired) electrons. The predicted octanol–water partition coefficient (Wildman–Crippen LogP) is 5.02. The molecule has 2 aromatic heterocycles. The van der Waals surface area contributed by atoms with Crippen molar-refractivity contribution in [1.29, 1.82) is 0 Å². The molecule has 0 unspecified atom stereocenters. The lowest BCUT2D eigenvalue weighted by atomic mass is 10.1. The third kappa shape index (κ3) is 4.11. The van der Waals surface area contributed by atoms with Crippen molar-refractivity contribution in [1.82, 2.24) is 15.2 Å². The Kier molecular flexibility index (Phi) is 5.64. The highest BCUT2D eigenvalue weighted by Gasteiger charge is 2.18. The zero-order valence-electron chi connectivity index (χ0n) is 18.3. The van der Waals surface area contributed by atoms with E-state index in [-0.39, 0.29) is 11.5 Å². The second kappa shape index (κ2) is 8.90. The highest BCUT2D eigenvalue weighted by atomic mass is 19.1. The predicted molar refractivity (Wildman–Crippen MR) is 126 cm³/mol. The highest BCUT2D eigenvalue weighted by molar-refractivity contribution is 6.08. The van der Waals surface area contributed by atoms with Gasteiger partial charge in [-0.3, -0.25) is 14.9 Å². The number of nitrogens with zero attached hydrogens (tertiary/aromatic N) is 3. The Hall–Kier alpha value is -3.94. The molecule has 2 aromatic carbocycles. The lowest BCUT2D eigenvalue weighted by Crippen LogP contribution is -2.29. The summed E-state index contributed by atoms with van der Waals surface area (Å²) in [6.45, 7) is 2.01. The van der Waals surface area contributed by atoms with Gasteiger partial charge in [0.05, 0.1) is 30.1 Å². The van der Waals surface area contributed by atoms with Crippen LogP contribution in [0.25, 0.3) is 22.2 Å². The number of carbonyl (C=O) groups excluding carboxylic acids is 1. The van der Waals surface area contributed by atoms with Crippen LogP contribution < -0.4 is 15.0 Å². The van der Waals surface area contributed by atoms with Crippen LogP contribution >= 0.6 is 0 Å². The largest absolute Gasteiger partial charge is 0.496 e. The molecule has 2 N–H and O–H groups in total. The van der Waals surface area contributed by atoms with Gasteiger partial charge in [0, 0.05) is 29.7 Å².